The number of nitrogens with zero attached hydrogens (tertiary/aromatic N) is 3. The standard InChI is InChI=1S/C13H16N6O2/c1-8-11(6-14)17-18-19(8)7-12(20)16-10-5-3-2-4-9(10)13(15)21/h2-5H,6-7,14H2,1H3,(H2,15,21)(H,16,20). The van der Waals surface area contributed by atoms with Gasteiger partial charge in [-0.05, 0) is 19.1 Å². The summed E-state index contributed by atoms with van der Waals surface area (Å²) in [5, 5.41) is 10.4. The van der Waals surface area contributed by atoms with E-state index in [0.29, 0.717) is 11.4 Å². The number of rotatable bonds is 5. The van der Waals surface area contributed by atoms with Gasteiger partial charge in [-0.25, -0.2) is 4.68 Å². The van der Waals surface area contributed by atoms with Crippen LogP contribution in [-0.2, 0) is 17.9 Å². The highest BCUT2D eigenvalue weighted by atomic mass is 16.2. The number of amides is 2. The molecule has 8 nitrogen and oxygen atoms in total. The van der Waals surface area contributed by atoms with Crippen molar-refractivity contribution in [3.8, 4) is 0 Å². The molecule has 2 rings (SSSR count). The number of para-hydroxylation sites is 1. The fraction of sp³-hybridized carbons (Fsp3) is 0.231. The van der Waals surface area contributed by atoms with E-state index in [1.807, 2.05) is 0 Å². The van der Waals surface area contributed by atoms with Crippen LogP contribution in [0.25, 0.3) is 0 Å². The Kier molecular flexibility index (Phi) is 4.29. The summed E-state index contributed by atoms with van der Waals surface area (Å²) in [5.41, 5.74) is 12.8. The molecule has 5 N–H and O–H groups in total. The van der Waals surface area contributed by atoms with Gasteiger partial charge in [0.2, 0.25) is 5.91 Å². The second-order valence-corrected chi connectivity index (χ2v) is 4.44. The smallest absolute Gasteiger partial charge is 0.250 e. The number of benzene rings is 1. The van der Waals surface area contributed by atoms with Crippen LogP contribution in [0.4, 0.5) is 5.69 Å². The molecule has 0 atom stereocenters. The molecule has 2 amide bonds. The first-order valence-electron chi connectivity index (χ1n) is 6.30. The highest BCUT2D eigenvalue weighted by Crippen LogP contribution is 2.14. The van der Waals surface area contributed by atoms with Crippen LogP contribution in [0.1, 0.15) is 21.7 Å². The second kappa shape index (κ2) is 6.14. The summed E-state index contributed by atoms with van der Waals surface area (Å²) in [5.74, 6) is -0.937. The van der Waals surface area contributed by atoms with Gasteiger partial charge in [0.25, 0.3) is 5.91 Å². The molecular formula is C13H16N6O2. The lowest BCUT2D eigenvalue weighted by Gasteiger charge is -2.09. The Bertz CT molecular complexity index is 679. The zero-order valence-electron chi connectivity index (χ0n) is 11.5. The zero-order valence-corrected chi connectivity index (χ0v) is 11.5. The van der Waals surface area contributed by atoms with Gasteiger partial charge >= 0.3 is 0 Å². The van der Waals surface area contributed by atoms with Crippen molar-refractivity contribution >= 4 is 17.5 Å². The predicted octanol–water partition coefficient (Wildman–Crippen LogP) is -0.217. The van der Waals surface area contributed by atoms with E-state index in [2.05, 4.69) is 15.6 Å². The van der Waals surface area contributed by atoms with E-state index in [1.165, 1.54) is 4.68 Å². The Hall–Kier alpha value is -2.74. The van der Waals surface area contributed by atoms with Gasteiger partial charge in [-0.2, -0.15) is 0 Å². The molecule has 0 aliphatic heterocycles. The van der Waals surface area contributed by atoms with Crippen LogP contribution in [0, 0.1) is 6.92 Å². The van der Waals surface area contributed by atoms with Crippen molar-refractivity contribution in [1.82, 2.24) is 15.0 Å². The first kappa shape index (κ1) is 14.7. The summed E-state index contributed by atoms with van der Waals surface area (Å²) in [6, 6.07) is 6.53. The van der Waals surface area contributed by atoms with Crippen molar-refractivity contribution in [2.75, 3.05) is 5.32 Å². The number of primary amides is 1. The number of hydrogen-bond donors (Lipinski definition) is 3. The molecule has 1 heterocycles. The van der Waals surface area contributed by atoms with Gasteiger partial charge in [-0.15, -0.1) is 5.10 Å². The molecule has 0 unspecified atom stereocenters. The Balaban J connectivity index is 2.12. The van der Waals surface area contributed by atoms with Crippen LogP contribution >= 0.6 is 0 Å². The molecule has 0 saturated heterocycles. The molecule has 0 bridgehead atoms. The number of aromatic nitrogens is 3. The van der Waals surface area contributed by atoms with Gasteiger partial charge < -0.3 is 16.8 Å². The summed E-state index contributed by atoms with van der Waals surface area (Å²) >= 11 is 0. The number of nitrogens with one attached hydrogen (secondary N) is 1. The molecular weight excluding hydrogens is 272 g/mol. The van der Waals surface area contributed by atoms with Gasteiger partial charge in [-0.1, -0.05) is 17.3 Å². The highest BCUT2D eigenvalue weighted by molar-refractivity contribution is 6.02. The van der Waals surface area contributed by atoms with Crippen LogP contribution in [-0.4, -0.2) is 26.8 Å². The Morgan fingerprint density at radius 3 is 2.67 bits per heavy atom. The summed E-state index contributed by atoms with van der Waals surface area (Å²) in [7, 11) is 0. The fourth-order valence-electron chi connectivity index (χ4n) is 1.87. The molecule has 1 aromatic carbocycles. The Morgan fingerprint density at radius 1 is 1.33 bits per heavy atom. The maximum absolute atomic E-state index is 12.0. The minimum Gasteiger partial charge on any atom is -0.366 e. The topological polar surface area (TPSA) is 129 Å². The van der Waals surface area contributed by atoms with Crippen LogP contribution in [0.3, 0.4) is 0 Å². The average Bonchev–Trinajstić information content (AvgIpc) is 2.79. The summed E-state index contributed by atoms with van der Waals surface area (Å²) in [4.78, 5) is 23.3. The van der Waals surface area contributed by atoms with Crippen LogP contribution in [0.15, 0.2) is 24.3 Å². The lowest BCUT2D eigenvalue weighted by molar-refractivity contribution is -0.117. The number of nitrogens with two attached hydrogens (primary N) is 2. The van der Waals surface area contributed by atoms with Crippen molar-refractivity contribution < 1.29 is 9.59 Å². The molecule has 0 aliphatic rings. The van der Waals surface area contributed by atoms with Crippen molar-refractivity contribution in [3.63, 3.8) is 0 Å². The molecule has 0 radical (unpaired) electrons. The number of carbonyl (C=O) groups is 2. The van der Waals surface area contributed by atoms with Gasteiger partial charge in [0.05, 0.1) is 22.6 Å². The van der Waals surface area contributed by atoms with Crippen molar-refractivity contribution in [3.05, 3.63) is 41.2 Å². The first-order chi connectivity index (χ1) is 10.0. The van der Waals surface area contributed by atoms with Crippen molar-refractivity contribution in [2.45, 2.75) is 20.0 Å². The third-order valence-electron chi connectivity index (χ3n) is 3.03. The SMILES string of the molecule is Cc1c(CN)nnn1CC(=O)Nc1ccccc1C(N)=O. The molecule has 0 spiro atoms. The van der Waals surface area contributed by atoms with Crippen molar-refractivity contribution in [1.29, 1.82) is 0 Å². The first-order valence-corrected chi connectivity index (χ1v) is 6.30. The third-order valence-corrected chi connectivity index (χ3v) is 3.03. The molecule has 0 saturated carbocycles. The molecule has 8 heteroatoms. The quantitative estimate of drug-likeness (QED) is 0.700. The number of hydrogen-bond acceptors (Lipinski definition) is 5. The molecule has 1 aromatic heterocycles. The van der Waals surface area contributed by atoms with E-state index in [-0.39, 0.29) is 24.6 Å². The molecule has 0 aliphatic carbocycles. The van der Waals surface area contributed by atoms with Crippen LogP contribution in [0.2, 0.25) is 0 Å². The maximum atomic E-state index is 12.0. The van der Waals surface area contributed by atoms with Gasteiger partial charge in [0.1, 0.15) is 6.54 Å². The van der Waals surface area contributed by atoms with Gasteiger partial charge in [0.15, 0.2) is 0 Å². The highest BCUT2D eigenvalue weighted by Gasteiger charge is 2.13. The number of anilines is 1. The van der Waals surface area contributed by atoms with Gasteiger partial charge in [0, 0.05) is 6.54 Å². The average molecular weight is 288 g/mol. The molecule has 0 fully saturated rings. The number of carbonyl (C=O) groups excluding carboxylic acids is 2. The summed E-state index contributed by atoms with van der Waals surface area (Å²) in [6.07, 6.45) is 0. The lowest BCUT2D eigenvalue weighted by atomic mass is 10.1. The largest absolute Gasteiger partial charge is 0.366 e. The lowest BCUT2D eigenvalue weighted by Crippen LogP contribution is -2.23. The van der Waals surface area contributed by atoms with Crippen LogP contribution < -0.4 is 16.8 Å². The van der Waals surface area contributed by atoms with E-state index < -0.39 is 5.91 Å². The van der Waals surface area contributed by atoms with E-state index in [0.717, 1.165) is 5.69 Å². The second-order valence-electron chi connectivity index (χ2n) is 4.44. The van der Waals surface area contributed by atoms with Crippen LogP contribution in [0.5, 0.6) is 0 Å². The normalized spacial score (nSPS) is 10.4. The monoisotopic (exact) mass is 288 g/mol. The maximum Gasteiger partial charge on any atom is 0.250 e. The van der Waals surface area contributed by atoms with E-state index in [4.69, 9.17) is 11.5 Å². The zero-order chi connectivity index (χ0) is 15.4. The third kappa shape index (κ3) is 3.23. The van der Waals surface area contributed by atoms with E-state index in [9.17, 15) is 9.59 Å². The molecule has 110 valence electrons. The molecule has 2 aromatic rings. The predicted molar refractivity (Wildman–Crippen MR) is 76.2 cm³/mol. The minimum atomic E-state index is -0.603. The van der Waals surface area contributed by atoms with E-state index in [1.54, 1.807) is 31.2 Å². The minimum absolute atomic E-state index is 0.0219. The van der Waals surface area contributed by atoms with Gasteiger partial charge in [-0.3, -0.25) is 9.59 Å². The molecule has 21 heavy (non-hydrogen) atoms. The Labute approximate surface area is 121 Å². The van der Waals surface area contributed by atoms with E-state index >= 15 is 0 Å². The van der Waals surface area contributed by atoms with Crippen molar-refractivity contribution in [2.24, 2.45) is 11.5 Å². The summed E-state index contributed by atoms with van der Waals surface area (Å²) < 4.78 is 1.45. The fourth-order valence-corrected chi connectivity index (χ4v) is 1.87. The Morgan fingerprint density at radius 2 is 2.05 bits per heavy atom. The summed E-state index contributed by atoms with van der Waals surface area (Å²) in [6.45, 7) is 2.02.